The van der Waals surface area contributed by atoms with Gasteiger partial charge in [-0.25, -0.2) is 0 Å². The first-order valence-electron chi connectivity index (χ1n) is 17.6. The van der Waals surface area contributed by atoms with E-state index in [-0.39, 0.29) is 0 Å². The van der Waals surface area contributed by atoms with Gasteiger partial charge >= 0.3 is 0 Å². The summed E-state index contributed by atoms with van der Waals surface area (Å²) in [7, 11) is 0. The summed E-state index contributed by atoms with van der Waals surface area (Å²) < 4.78 is 11.4. The van der Waals surface area contributed by atoms with Crippen LogP contribution < -0.4 is 0 Å². The lowest BCUT2D eigenvalue weighted by Gasteiger charge is -2.07. The number of imidazole rings is 1. The Hall–Kier alpha value is -6.32. The van der Waals surface area contributed by atoms with E-state index >= 15 is 0 Å². The van der Waals surface area contributed by atoms with Crippen molar-refractivity contribution in [3.63, 3.8) is 0 Å². The van der Waals surface area contributed by atoms with Crippen LogP contribution in [-0.4, -0.2) is 8.80 Å². The van der Waals surface area contributed by atoms with Crippen LogP contribution in [0.1, 0.15) is 34.4 Å². The second kappa shape index (κ2) is 9.64. The smallest absolute Gasteiger partial charge is 0.135 e. The van der Waals surface area contributed by atoms with Gasteiger partial charge in [0.2, 0.25) is 0 Å². The largest absolute Gasteiger partial charge is 0.456 e. The van der Waals surface area contributed by atoms with Gasteiger partial charge in [0, 0.05) is 26.9 Å². The summed E-state index contributed by atoms with van der Waals surface area (Å²) in [5.74, 6) is 0.929. The highest BCUT2D eigenvalue weighted by atomic mass is 16.3. The number of nitrogens with zero attached hydrogens (tertiary/aromatic N) is 2. The number of benzene rings is 7. The first kappa shape index (κ1) is 26.6. The third-order valence-corrected chi connectivity index (χ3v) is 11.6. The lowest BCUT2D eigenvalue weighted by atomic mass is 9.97. The molecule has 0 N–H and O–H groups in total. The van der Waals surface area contributed by atoms with Gasteiger partial charge in [-0.2, -0.15) is 0 Å². The van der Waals surface area contributed by atoms with Crippen molar-refractivity contribution >= 4 is 65.8 Å². The summed E-state index contributed by atoms with van der Waals surface area (Å²) in [5, 5.41) is 6.51. The average Bonchev–Trinajstić information content (AvgIpc) is 3.42. The van der Waals surface area contributed by atoms with Gasteiger partial charge in [-0.05, 0) is 82.0 Å². The Bertz CT molecular complexity index is 3100. The number of hydrogen-bond donors (Lipinski definition) is 0. The molecule has 2 unspecified atom stereocenters. The third kappa shape index (κ3) is 3.39. The molecule has 3 nitrogen and oxygen atoms in total. The Morgan fingerprint density at radius 1 is 0.360 bits per heavy atom. The second-order valence-corrected chi connectivity index (χ2v) is 14.0. The van der Waals surface area contributed by atoms with Crippen LogP contribution in [0.25, 0.3) is 76.9 Å². The van der Waals surface area contributed by atoms with Crippen molar-refractivity contribution in [2.45, 2.75) is 17.8 Å². The van der Waals surface area contributed by atoms with Crippen molar-refractivity contribution < 1.29 is 4.42 Å². The molecule has 4 aromatic heterocycles. The van der Waals surface area contributed by atoms with Crippen molar-refractivity contribution in [2.24, 2.45) is 0 Å². The number of fused-ring (bicyclic) bond motifs is 12. The average molecular weight is 639 g/mol. The van der Waals surface area contributed by atoms with Gasteiger partial charge in [0.25, 0.3) is 0 Å². The van der Waals surface area contributed by atoms with E-state index in [2.05, 4.69) is 173 Å². The molecule has 1 aliphatic rings. The molecule has 0 amide bonds. The normalized spacial score (nSPS) is 17.8. The van der Waals surface area contributed by atoms with E-state index < -0.39 is 0 Å². The van der Waals surface area contributed by atoms with Gasteiger partial charge in [-0.15, -0.1) is 0 Å². The Labute approximate surface area is 287 Å². The van der Waals surface area contributed by atoms with Gasteiger partial charge in [-0.1, -0.05) is 127 Å². The monoisotopic (exact) mass is 638 g/mol. The number of aromatic nitrogens is 2. The maximum absolute atomic E-state index is 6.43. The highest BCUT2D eigenvalue weighted by Crippen LogP contribution is 2.68. The van der Waals surface area contributed by atoms with E-state index in [1.165, 1.54) is 82.5 Å². The third-order valence-electron chi connectivity index (χ3n) is 11.6. The summed E-state index contributed by atoms with van der Waals surface area (Å²) in [4.78, 5) is 0. The maximum Gasteiger partial charge on any atom is 0.135 e. The standard InChI is InChI=1S/C47H30N2O/c1-2-12-28(13-3-1)29-24-26-30(27-25-29)41-44(33-17-11-23-40-42(33)32-15-5-9-22-39(32)50-40)45(41)34-16-10-21-38-43(34)46-31-14-4-6-18-35(31)48-36-19-7-8-20-37(36)49(38)47(46)48/h1-27,41,44-45H/t41?,44?,45-/m0/s1. The van der Waals surface area contributed by atoms with Crippen LogP contribution in [0.5, 0.6) is 0 Å². The highest BCUT2D eigenvalue weighted by molar-refractivity contribution is 6.25. The van der Waals surface area contributed by atoms with Crippen LogP contribution in [0.4, 0.5) is 0 Å². The van der Waals surface area contributed by atoms with Crippen molar-refractivity contribution in [2.75, 3.05) is 0 Å². The molecule has 0 spiro atoms. The SMILES string of the molecule is c1ccc(-c2ccc(C3C(c4cccc5oc6ccccc6c45)[C@H]3c3cccc4c3c3c5ccccc5n5c6ccccc6n4c35)cc2)cc1. The molecule has 11 aromatic rings. The number of furan rings is 1. The van der Waals surface area contributed by atoms with E-state index in [1.54, 1.807) is 0 Å². The molecule has 4 heterocycles. The quantitative estimate of drug-likeness (QED) is 0.188. The zero-order valence-corrected chi connectivity index (χ0v) is 27.1. The van der Waals surface area contributed by atoms with Crippen LogP contribution in [0.2, 0.25) is 0 Å². The van der Waals surface area contributed by atoms with Crippen molar-refractivity contribution in [1.29, 1.82) is 0 Å². The fraction of sp³-hybridized carbons (Fsp3) is 0.0638. The van der Waals surface area contributed by atoms with Crippen LogP contribution in [0.15, 0.2) is 168 Å². The van der Waals surface area contributed by atoms with Crippen LogP contribution in [0, 0.1) is 0 Å². The molecule has 0 aliphatic heterocycles. The molecular weight excluding hydrogens is 609 g/mol. The Morgan fingerprint density at radius 2 is 0.920 bits per heavy atom. The summed E-state index contributed by atoms with van der Waals surface area (Å²) in [6, 6.07) is 60.0. The van der Waals surface area contributed by atoms with Crippen molar-refractivity contribution in [1.82, 2.24) is 8.80 Å². The zero-order valence-electron chi connectivity index (χ0n) is 27.1. The fourth-order valence-corrected chi connectivity index (χ4v) is 9.53. The van der Waals surface area contributed by atoms with E-state index in [9.17, 15) is 0 Å². The van der Waals surface area contributed by atoms with Gasteiger partial charge in [0.15, 0.2) is 0 Å². The Kier molecular flexibility index (Phi) is 5.13. The minimum Gasteiger partial charge on any atom is -0.456 e. The Balaban J connectivity index is 1.14. The summed E-state index contributed by atoms with van der Waals surface area (Å²) in [6.07, 6.45) is 0. The van der Waals surface area contributed by atoms with Gasteiger partial charge in [0.1, 0.15) is 16.8 Å². The van der Waals surface area contributed by atoms with Gasteiger partial charge in [-0.3, -0.25) is 8.80 Å². The second-order valence-electron chi connectivity index (χ2n) is 14.0. The molecule has 1 fully saturated rings. The molecule has 3 atom stereocenters. The topological polar surface area (TPSA) is 22.0 Å². The highest BCUT2D eigenvalue weighted by Gasteiger charge is 2.54. The lowest BCUT2D eigenvalue weighted by Crippen LogP contribution is -1.88. The predicted molar refractivity (Wildman–Crippen MR) is 206 cm³/mol. The molecule has 0 radical (unpaired) electrons. The fourth-order valence-electron chi connectivity index (χ4n) is 9.53. The van der Waals surface area contributed by atoms with Crippen molar-refractivity contribution in [3.8, 4) is 11.1 Å². The molecule has 0 bridgehead atoms. The molecule has 0 saturated heterocycles. The van der Waals surface area contributed by atoms with E-state index in [4.69, 9.17) is 4.42 Å². The van der Waals surface area contributed by atoms with E-state index in [0.29, 0.717) is 17.8 Å². The predicted octanol–water partition coefficient (Wildman–Crippen LogP) is 12.3. The van der Waals surface area contributed by atoms with E-state index in [0.717, 1.165) is 11.2 Å². The van der Waals surface area contributed by atoms with Crippen LogP contribution >= 0.6 is 0 Å². The summed E-state index contributed by atoms with van der Waals surface area (Å²) >= 11 is 0. The molecule has 3 heteroatoms. The molecule has 50 heavy (non-hydrogen) atoms. The van der Waals surface area contributed by atoms with Gasteiger partial charge in [0.05, 0.1) is 22.1 Å². The molecule has 1 aliphatic carbocycles. The number of hydrogen-bond acceptors (Lipinski definition) is 1. The molecular formula is C47H30N2O. The molecule has 7 aromatic carbocycles. The van der Waals surface area contributed by atoms with E-state index in [1.807, 2.05) is 0 Å². The van der Waals surface area contributed by atoms with Crippen molar-refractivity contribution in [3.05, 3.63) is 180 Å². The first-order valence-corrected chi connectivity index (χ1v) is 17.6. The first-order chi connectivity index (χ1) is 24.8. The molecule has 1 saturated carbocycles. The summed E-state index contributed by atoms with van der Waals surface area (Å²) in [6.45, 7) is 0. The zero-order chi connectivity index (χ0) is 32.5. The maximum atomic E-state index is 6.43. The van der Waals surface area contributed by atoms with Gasteiger partial charge < -0.3 is 4.42 Å². The summed E-state index contributed by atoms with van der Waals surface area (Å²) in [5.41, 5.74) is 14.9. The molecule has 234 valence electrons. The van der Waals surface area contributed by atoms with Crippen LogP contribution in [0.3, 0.4) is 0 Å². The molecule has 12 rings (SSSR count). The number of para-hydroxylation sites is 4. The Morgan fingerprint density at radius 3 is 1.70 bits per heavy atom. The minimum absolute atomic E-state index is 0.301. The lowest BCUT2D eigenvalue weighted by molar-refractivity contribution is 0.668. The van der Waals surface area contributed by atoms with Crippen LogP contribution in [-0.2, 0) is 0 Å². The minimum atomic E-state index is 0.301. The number of rotatable bonds is 4.